The number of halogens is 1. The molecule has 8 heteroatoms. The van der Waals surface area contributed by atoms with Crippen molar-refractivity contribution in [2.75, 3.05) is 25.5 Å². The van der Waals surface area contributed by atoms with Crippen molar-refractivity contribution in [2.45, 2.75) is 6.92 Å². The van der Waals surface area contributed by atoms with Gasteiger partial charge in [0.05, 0.1) is 18.4 Å². The van der Waals surface area contributed by atoms with Crippen LogP contribution < -0.4 is 5.32 Å². The van der Waals surface area contributed by atoms with Gasteiger partial charge in [-0.25, -0.2) is 9.59 Å². The van der Waals surface area contributed by atoms with Crippen LogP contribution in [0.3, 0.4) is 0 Å². The van der Waals surface area contributed by atoms with E-state index in [1.54, 1.807) is 6.92 Å². The summed E-state index contributed by atoms with van der Waals surface area (Å²) < 4.78 is 4.49. The molecule has 0 aliphatic rings. The molecule has 0 saturated heterocycles. The number of aromatic carboxylic acids is 1. The van der Waals surface area contributed by atoms with E-state index in [-0.39, 0.29) is 29.4 Å². The van der Waals surface area contributed by atoms with Crippen LogP contribution in [0.2, 0.25) is 5.02 Å². The molecule has 0 radical (unpaired) electrons. The molecule has 0 saturated carbocycles. The highest BCUT2D eigenvalue weighted by Gasteiger charge is 2.19. The second-order valence-corrected chi connectivity index (χ2v) is 4.45. The van der Waals surface area contributed by atoms with E-state index < -0.39 is 18.0 Å². The van der Waals surface area contributed by atoms with Gasteiger partial charge in [-0.2, -0.15) is 0 Å². The monoisotopic (exact) mass is 314 g/mol. The Hall–Kier alpha value is -2.28. The molecule has 114 valence electrons. The maximum atomic E-state index is 12.0. The lowest BCUT2D eigenvalue weighted by Gasteiger charge is -2.20. The van der Waals surface area contributed by atoms with E-state index in [1.165, 1.54) is 30.2 Å². The maximum absolute atomic E-state index is 12.0. The van der Waals surface area contributed by atoms with Crippen LogP contribution in [0.15, 0.2) is 18.2 Å². The molecule has 21 heavy (non-hydrogen) atoms. The number of ether oxygens (including phenoxy) is 1. The predicted octanol–water partition coefficient (Wildman–Crippen LogP) is 2.06. The molecule has 0 heterocycles. The number of carboxylic acid groups (broad SMARTS) is 1. The Kier molecular flexibility index (Phi) is 5.98. The van der Waals surface area contributed by atoms with Gasteiger partial charge in [0, 0.05) is 11.6 Å². The quantitative estimate of drug-likeness (QED) is 0.811. The van der Waals surface area contributed by atoms with Crippen LogP contribution in [0.25, 0.3) is 0 Å². The molecule has 0 aliphatic carbocycles. The first kappa shape index (κ1) is 16.8. The molecule has 1 aromatic rings. The number of methoxy groups -OCH3 is 1. The number of esters is 1. The number of hydrogen-bond acceptors (Lipinski definition) is 4. The Labute approximate surface area is 126 Å². The van der Waals surface area contributed by atoms with Gasteiger partial charge in [0.25, 0.3) is 0 Å². The SMILES string of the molecule is CCN(CC(=O)OC)C(=O)Nc1ccc(Cl)cc1C(=O)O. The van der Waals surface area contributed by atoms with Gasteiger partial charge in [-0.05, 0) is 25.1 Å². The third-order valence-electron chi connectivity index (χ3n) is 2.67. The highest BCUT2D eigenvalue weighted by Crippen LogP contribution is 2.21. The normalized spacial score (nSPS) is 9.86. The number of anilines is 1. The minimum absolute atomic E-state index is 0.0974. The van der Waals surface area contributed by atoms with E-state index in [2.05, 4.69) is 10.1 Å². The zero-order chi connectivity index (χ0) is 16.0. The zero-order valence-corrected chi connectivity index (χ0v) is 12.3. The summed E-state index contributed by atoms with van der Waals surface area (Å²) in [5, 5.41) is 11.8. The average Bonchev–Trinajstić information content (AvgIpc) is 2.45. The highest BCUT2D eigenvalue weighted by atomic mass is 35.5. The molecule has 0 spiro atoms. The molecule has 7 nitrogen and oxygen atoms in total. The molecule has 0 atom stereocenters. The topological polar surface area (TPSA) is 95.9 Å². The molecule has 0 fully saturated rings. The molecule has 1 aromatic carbocycles. The van der Waals surface area contributed by atoms with Crippen LogP contribution in [0, 0.1) is 0 Å². The Morgan fingerprint density at radius 2 is 2.05 bits per heavy atom. The molecular weight excluding hydrogens is 300 g/mol. The van der Waals surface area contributed by atoms with Gasteiger partial charge >= 0.3 is 18.0 Å². The van der Waals surface area contributed by atoms with E-state index >= 15 is 0 Å². The van der Waals surface area contributed by atoms with Crippen molar-refractivity contribution < 1.29 is 24.2 Å². The second-order valence-electron chi connectivity index (χ2n) is 4.02. The predicted molar refractivity (Wildman–Crippen MR) is 76.7 cm³/mol. The van der Waals surface area contributed by atoms with E-state index in [0.717, 1.165) is 0 Å². The van der Waals surface area contributed by atoms with Crippen molar-refractivity contribution in [3.63, 3.8) is 0 Å². The first-order valence-corrected chi connectivity index (χ1v) is 6.42. The van der Waals surface area contributed by atoms with Crippen molar-refractivity contribution in [3.8, 4) is 0 Å². The van der Waals surface area contributed by atoms with Crippen LogP contribution in [0.1, 0.15) is 17.3 Å². The van der Waals surface area contributed by atoms with Crippen LogP contribution in [-0.4, -0.2) is 48.2 Å². The van der Waals surface area contributed by atoms with E-state index in [1.807, 2.05) is 0 Å². The summed E-state index contributed by atoms with van der Waals surface area (Å²) in [4.78, 5) is 35.5. The van der Waals surface area contributed by atoms with Crippen molar-refractivity contribution in [1.82, 2.24) is 4.90 Å². The Morgan fingerprint density at radius 3 is 2.57 bits per heavy atom. The Bertz CT molecular complexity index is 561. The highest BCUT2D eigenvalue weighted by molar-refractivity contribution is 6.31. The van der Waals surface area contributed by atoms with Crippen molar-refractivity contribution in [2.24, 2.45) is 0 Å². The minimum atomic E-state index is -1.22. The average molecular weight is 315 g/mol. The Balaban J connectivity index is 2.91. The molecule has 2 amide bonds. The summed E-state index contributed by atoms with van der Waals surface area (Å²) in [5.74, 6) is -1.79. The van der Waals surface area contributed by atoms with Gasteiger partial charge in [-0.1, -0.05) is 11.6 Å². The number of carbonyl (C=O) groups is 3. The van der Waals surface area contributed by atoms with Gasteiger partial charge < -0.3 is 20.1 Å². The van der Waals surface area contributed by atoms with E-state index in [4.69, 9.17) is 16.7 Å². The third-order valence-corrected chi connectivity index (χ3v) is 2.91. The number of hydrogen-bond donors (Lipinski definition) is 2. The van der Waals surface area contributed by atoms with Crippen molar-refractivity contribution in [3.05, 3.63) is 28.8 Å². The lowest BCUT2D eigenvalue weighted by Crippen LogP contribution is -2.39. The molecular formula is C13H15ClN2O5. The molecule has 0 bridgehead atoms. The first-order valence-electron chi connectivity index (χ1n) is 6.04. The molecule has 2 N–H and O–H groups in total. The summed E-state index contributed by atoms with van der Waals surface area (Å²) in [6.07, 6.45) is 0. The van der Waals surface area contributed by atoms with Gasteiger partial charge in [-0.3, -0.25) is 4.79 Å². The third kappa shape index (κ3) is 4.64. The van der Waals surface area contributed by atoms with E-state index in [9.17, 15) is 14.4 Å². The molecule has 0 aromatic heterocycles. The largest absolute Gasteiger partial charge is 0.478 e. The fourth-order valence-electron chi connectivity index (χ4n) is 1.54. The maximum Gasteiger partial charge on any atom is 0.337 e. The van der Waals surface area contributed by atoms with Crippen LogP contribution in [0.4, 0.5) is 10.5 Å². The number of benzene rings is 1. The van der Waals surface area contributed by atoms with Crippen LogP contribution in [0.5, 0.6) is 0 Å². The van der Waals surface area contributed by atoms with Gasteiger partial charge in [0.2, 0.25) is 0 Å². The van der Waals surface area contributed by atoms with Gasteiger partial charge in [-0.15, -0.1) is 0 Å². The summed E-state index contributed by atoms with van der Waals surface area (Å²) >= 11 is 5.73. The molecule has 1 rings (SSSR count). The van der Waals surface area contributed by atoms with Crippen molar-refractivity contribution >= 4 is 35.3 Å². The first-order chi connectivity index (χ1) is 9.88. The lowest BCUT2D eigenvalue weighted by molar-refractivity contribution is -0.141. The number of nitrogens with one attached hydrogen (secondary N) is 1. The van der Waals surface area contributed by atoms with Gasteiger partial charge in [0.15, 0.2) is 0 Å². The summed E-state index contributed by atoms with van der Waals surface area (Å²) in [7, 11) is 1.22. The molecule has 0 aliphatic heterocycles. The van der Waals surface area contributed by atoms with E-state index in [0.29, 0.717) is 0 Å². The number of rotatable bonds is 5. The second kappa shape index (κ2) is 7.49. The summed E-state index contributed by atoms with van der Waals surface area (Å²) in [5.41, 5.74) is -0.0369. The number of nitrogens with zero attached hydrogens (tertiary/aromatic N) is 1. The Morgan fingerprint density at radius 1 is 1.38 bits per heavy atom. The number of amides is 2. The number of urea groups is 1. The fourth-order valence-corrected chi connectivity index (χ4v) is 1.72. The summed E-state index contributed by atoms with van der Waals surface area (Å²) in [6, 6.07) is 3.47. The number of likely N-dealkylation sites (N-methyl/N-ethyl adjacent to an activating group) is 1. The fraction of sp³-hybridized carbons (Fsp3) is 0.308. The smallest absolute Gasteiger partial charge is 0.337 e. The van der Waals surface area contributed by atoms with Crippen molar-refractivity contribution in [1.29, 1.82) is 0 Å². The number of carboxylic acids is 1. The summed E-state index contributed by atoms with van der Waals surface area (Å²) in [6.45, 7) is 1.72. The molecule has 0 unspecified atom stereocenters. The minimum Gasteiger partial charge on any atom is -0.478 e. The standard InChI is InChI=1S/C13H15ClN2O5/c1-3-16(7-11(17)21-2)13(20)15-10-5-4-8(14)6-9(10)12(18)19/h4-6H,3,7H2,1-2H3,(H,15,20)(H,18,19). The van der Waals surface area contributed by atoms with Gasteiger partial charge in [0.1, 0.15) is 6.54 Å². The number of carbonyl (C=O) groups excluding carboxylic acids is 2. The lowest BCUT2D eigenvalue weighted by atomic mass is 10.2. The van der Waals surface area contributed by atoms with Crippen LogP contribution >= 0.6 is 11.6 Å². The van der Waals surface area contributed by atoms with Crippen LogP contribution in [-0.2, 0) is 9.53 Å². The zero-order valence-electron chi connectivity index (χ0n) is 11.6.